The van der Waals surface area contributed by atoms with Gasteiger partial charge in [0.15, 0.2) is 0 Å². The fourth-order valence-corrected chi connectivity index (χ4v) is 9.29. The van der Waals surface area contributed by atoms with Crippen LogP contribution in [-0.2, 0) is 34.3 Å². The summed E-state index contributed by atoms with van der Waals surface area (Å²) in [6.07, 6.45) is 9.92. The highest BCUT2D eigenvalue weighted by Gasteiger charge is 2.41. The number of pyridine rings is 1. The van der Waals surface area contributed by atoms with Gasteiger partial charge in [-0.15, -0.1) is 11.3 Å². The lowest BCUT2D eigenvalue weighted by Crippen LogP contribution is -2.44. The second kappa shape index (κ2) is 9.44. The summed E-state index contributed by atoms with van der Waals surface area (Å²) in [6.45, 7) is 3.24. The molecule has 1 saturated heterocycles. The first-order valence-electron chi connectivity index (χ1n) is 11.8. The van der Waals surface area contributed by atoms with Gasteiger partial charge in [0.25, 0.3) is 10.0 Å². The van der Waals surface area contributed by atoms with E-state index in [0.717, 1.165) is 41.9 Å². The summed E-state index contributed by atoms with van der Waals surface area (Å²) in [5, 5.41) is 0. The first-order valence-corrected chi connectivity index (χ1v) is 14.1. The van der Waals surface area contributed by atoms with E-state index in [4.69, 9.17) is 4.74 Å². The molecule has 5 rings (SSSR count). The minimum Gasteiger partial charge on any atom is -0.465 e. The van der Waals surface area contributed by atoms with Crippen molar-refractivity contribution >= 4 is 27.3 Å². The summed E-state index contributed by atoms with van der Waals surface area (Å²) in [6, 6.07) is 3.97. The molecule has 0 radical (unpaired) electrons. The van der Waals surface area contributed by atoms with Gasteiger partial charge in [0, 0.05) is 50.0 Å². The molecule has 3 aliphatic rings. The van der Waals surface area contributed by atoms with Crippen LogP contribution in [0.1, 0.15) is 58.5 Å². The second-order valence-corrected chi connectivity index (χ2v) is 12.7. The Hall–Kier alpha value is -1.81. The molecule has 33 heavy (non-hydrogen) atoms. The number of fused-ring (bicyclic) bond motifs is 2. The molecule has 2 atom stereocenters. The quantitative estimate of drug-likeness (QED) is 0.596. The van der Waals surface area contributed by atoms with Gasteiger partial charge >= 0.3 is 5.97 Å². The number of hydrogen-bond acceptors (Lipinski definition) is 7. The lowest BCUT2D eigenvalue weighted by Gasteiger charge is -2.40. The molecular weight excluding hydrogens is 458 g/mol. The number of thiophene rings is 1. The maximum absolute atomic E-state index is 13.8. The summed E-state index contributed by atoms with van der Waals surface area (Å²) in [4.78, 5) is 20.2. The van der Waals surface area contributed by atoms with Gasteiger partial charge < -0.3 is 4.74 Å². The molecule has 7 nitrogen and oxygen atoms in total. The fourth-order valence-electron chi connectivity index (χ4n) is 5.71. The number of rotatable bonds is 5. The van der Waals surface area contributed by atoms with Crippen molar-refractivity contribution in [2.24, 2.45) is 11.8 Å². The van der Waals surface area contributed by atoms with Gasteiger partial charge in [-0.1, -0.05) is 25.3 Å². The van der Waals surface area contributed by atoms with Gasteiger partial charge in [0.05, 0.1) is 12.7 Å². The fraction of sp³-hybridized carbons (Fsp3) is 0.583. The van der Waals surface area contributed by atoms with E-state index < -0.39 is 16.0 Å². The van der Waals surface area contributed by atoms with E-state index in [9.17, 15) is 13.2 Å². The standard InChI is InChI=1S/C24H31N3O4S2/c1-31-23(28)22-20-9-11-26(14-17-5-4-10-25-13-17)16-21(20)32-24(22)33(29,30)27-12-8-18-6-2-3-7-19(18)15-27/h4-5,10,13,18-19H,2-3,6-9,11-12,14-16H2,1H3/t18-,19-/m0/s1. The maximum Gasteiger partial charge on any atom is 0.340 e. The zero-order valence-electron chi connectivity index (χ0n) is 19.0. The van der Waals surface area contributed by atoms with E-state index in [-0.39, 0.29) is 9.77 Å². The van der Waals surface area contributed by atoms with Crippen molar-refractivity contribution in [2.75, 3.05) is 26.7 Å². The van der Waals surface area contributed by atoms with E-state index in [0.29, 0.717) is 37.9 Å². The van der Waals surface area contributed by atoms with E-state index >= 15 is 0 Å². The molecule has 9 heteroatoms. The molecule has 0 spiro atoms. The smallest absolute Gasteiger partial charge is 0.340 e. The lowest BCUT2D eigenvalue weighted by atomic mass is 9.76. The third-order valence-electron chi connectivity index (χ3n) is 7.45. The SMILES string of the molecule is COC(=O)c1c(S(=O)(=O)N2CC[C@@H]3CCCC[C@H]3C2)sc2c1CCN(Cc1cccnc1)C2. The number of carbonyl (C=O) groups excluding carboxylic acids is 1. The number of sulfonamides is 1. The van der Waals surface area contributed by atoms with E-state index in [1.54, 1.807) is 10.5 Å². The first kappa shape index (κ1) is 23.0. The summed E-state index contributed by atoms with van der Waals surface area (Å²) < 4.78 is 34.5. The molecule has 2 aliphatic heterocycles. The number of hydrogen-bond donors (Lipinski definition) is 0. The third kappa shape index (κ3) is 4.48. The minimum atomic E-state index is -3.75. The Morgan fingerprint density at radius 1 is 1.21 bits per heavy atom. The van der Waals surface area contributed by atoms with Crippen molar-refractivity contribution < 1.29 is 17.9 Å². The number of nitrogens with zero attached hydrogens (tertiary/aromatic N) is 3. The third-order valence-corrected chi connectivity index (χ3v) is 11.0. The van der Waals surface area contributed by atoms with Crippen molar-refractivity contribution in [3.63, 3.8) is 0 Å². The monoisotopic (exact) mass is 489 g/mol. The predicted molar refractivity (Wildman–Crippen MR) is 127 cm³/mol. The van der Waals surface area contributed by atoms with Gasteiger partial charge in [0.1, 0.15) is 4.21 Å². The molecule has 0 N–H and O–H groups in total. The minimum absolute atomic E-state index is 0.178. The maximum atomic E-state index is 13.8. The van der Waals surface area contributed by atoms with Crippen molar-refractivity contribution in [3.8, 4) is 0 Å². The highest BCUT2D eigenvalue weighted by atomic mass is 32.2. The number of aromatic nitrogens is 1. The molecule has 0 aromatic carbocycles. The first-order chi connectivity index (χ1) is 16.0. The van der Waals surface area contributed by atoms with Gasteiger partial charge in [-0.2, -0.15) is 4.31 Å². The Morgan fingerprint density at radius 3 is 2.79 bits per heavy atom. The van der Waals surface area contributed by atoms with Crippen molar-refractivity contribution in [1.82, 2.24) is 14.2 Å². The number of piperidine rings is 1. The molecule has 1 saturated carbocycles. The van der Waals surface area contributed by atoms with Gasteiger partial charge in [-0.05, 0) is 48.3 Å². The van der Waals surface area contributed by atoms with Gasteiger partial charge in [-0.3, -0.25) is 9.88 Å². The van der Waals surface area contributed by atoms with Crippen LogP contribution in [0, 0.1) is 11.8 Å². The Kier molecular flexibility index (Phi) is 6.57. The van der Waals surface area contributed by atoms with Crippen LogP contribution >= 0.6 is 11.3 Å². The molecule has 2 fully saturated rings. The van der Waals surface area contributed by atoms with Crippen molar-refractivity contribution in [2.45, 2.75) is 55.8 Å². The van der Waals surface area contributed by atoms with E-state index in [2.05, 4.69) is 9.88 Å². The predicted octanol–water partition coefficient (Wildman–Crippen LogP) is 3.69. The molecule has 0 bridgehead atoms. The molecule has 0 amide bonds. The van der Waals surface area contributed by atoms with Crippen LogP contribution in [0.4, 0.5) is 0 Å². The Morgan fingerprint density at radius 2 is 2.03 bits per heavy atom. The molecule has 178 valence electrons. The van der Waals surface area contributed by atoms with Gasteiger partial charge in [-0.25, -0.2) is 13.2 Å². The Bertz CT molecular complexity index is 1120. The highest BCUT2D eigenvalue weighted by Crippen LogP contribution is 2.42. The molecular formula is C24H31N3O4S2. The van der Waals surface area contributed by atoms with Crippen molar-refractivity contribution in [1.29, 1.82) is 0 Å². The zero-order valence-corrected chi connectivity index (χ0v) is 20.7. The summed E-state index contributed by atoms with van der Waals surface area (Å²) in [5.74, 6) is 0.538. The van der Waals surface area contributed by atoms with Crippen LogP contribution in [0.2, 0.25) is 0 Å². The largest absolute Gasteiger partial charge is 0.465 e. The number of carbonyl (C=O) groups is 1. The summed E-state index contributed by atoms with van der Waals surface area (Å²) in [7, 11) is -2.42. The van der Waals surface area contributed by atoms with Crippen LogP contribution < -0.4 is 0 Å². The van der Waals surface area contributed by atoms with Crippen molar-refractivity contribution in [3.05, 3.63) is 46.1 Å². The average Bonchev–Trinajstić information content (AvgIpc) is 3.23. The van der Waals surface area contributed by atoms with Crippen LogP contribution in [0.5, 0.6) is 0 Å². The Labute approximate surface area is 199 Å². The molecule has 2 aromatic heterocycles. The number of ether oxygens (including phenoxy) is 1. The molecule has 0 unspecified atom stereocenters. The van der Waals surface area contributed by atoms with Gasteiger partial charge in [0.2, 0.25) is 0 Å². The topological polar surface area (TPSA) is 79.8 Å². The van der Waals surface area contributed by atoms with E-state index in [1.807, 2.05) is 18.3 Å². The number of esters is 1. The van der Waals surface area contributed by atoms with E-state index in [1.165, 1.54) is 37.7 Å². The highest BCUT2D eigenvalue weighted by molar-refractivity contribution is 7.91. The second-order valence-electron chi connectivity index (χ2n) is 9.44. The average molecular weight is 490 g/mol. The van der Waals surface area contributed by atoms with Crippen LogP contribution in [-0.4, -0.2) is 55.3 Å². The normalized spacial score (nSPS) is 24.2. The van der Waals surface area contributed by atoms with Crippen LogP contribution in [0.25, 0.3) is 0 Å². The molecule has 2 aromatic rings. The molecule has 4 heterocycles. The number of methoxy groups -OCH3 is 1. The Balaban J connectivity index is 1.43. The van der Waals surface area contributed by atoms with Crippen LogP contribution in [0.15, 0.2) is 28.7 Å². The molecule has 1 aliphatic carbocycles. The zero-order chi connectivity index (χ0) is 23.0. The summed E-state index contributed by atoms with van der Waals surface area (Å²) in [5.41, 5.74) is 2.23. The summed E-state index contributed by atoms with van der Waals surface area (Å²) >= 11 is 1.26. The van der Waals surface area contributed by atoms with Crippen LogP contribution in [0.3, 0.4) is 0 Å². The lowest BCUT2D eigenvalue weighted by molar-refractivity contribution is 0.0595.